The fraction of sp³-hybridized carbons (Fsp3) is 0.405. The van der Waals surface area contributed by atoms with E-state index in [1.54, 1.807) is 31.4 Å². The van der Waals surface area contributed by atoms with Gasteiger partial charge in [0.15, 0.2) is 74.6 Å². The molecule has 52 heteroatoms. The predicted octanol–water partition coefficient (Wildman–Crippen LogP) is 15.3. The lowest BCUT2D eigenvalue weighted by molar-refractivity contribution is -0.742. The molecule has 14 rings (SSSR count). The molecule has 0 saturated carbocycles. The van der Waals surface area contributed by atoms with Gasteiger partial charge in [-0.3, -0.25) is 34.5 Å². The van der Waals surface area contributed by atoms with E-state index in [2.05, 4.69) is 101 Å². The number of nitrogens with one attached hydrogen (secondary N) is 2. The highest BCUT2D eigenvalue weighted by molar-refractivity contribution is 14.1. The number of alkyl halides is 1. The molecule has 6 aliphatic rings. The number of hydrogen-bond acceptors (Lipinski definition) is 39. The maximum absolute atomic E-state index is 11.8. The minimum Gasteiger partial charge on any atom is -0.504 e. The van der Waals surface area contributed by atoms with Crippen molar-refractivity contribution in [3.05, 3.63) is 119 Å². The van der Waals surface area contributed by atoms with Crippen molar-refractivity contribution in [3.63, 3.8) is 0 Å². The van der Waals surface area contributed by atoms with Crippen LogP contribution in [-0.4, -0.2) is 241 Å². The van der Waals surface area contributed by atoms with Gasteiger partial charge < -0.3 is 136 Å². The van der Waals surface area contributed by atoms with Crippen LogP contribution in [0.1, 0.15) is 115 Å². The summed E-state index contributed by atoms with van der Waals surface area (Å²) < 4.78 is 119. The lowest BCUT2D eigenvalue weighted by Crippen LogP contribution is -2.20. The number of carbonyl (C=O) groups excluding carboxylic acids is 4. The smallest absolute Gasteiger partial charge is 0.348 e. The van der Waals surface area contributed by atoms with Crippen LogP contribution in [0.15, 0.2) is 66.0 Å². The number of nitrogen functional groups attached to an aromatic ring is 1. The van der Waals surface area contributed by atoms with Gasteiger partial charge in [-0.05, 0) is 62.9 Å². The summed E-state index contributed by atoms with van der Waals surface area (Å²) in [4.78, 5) is 111. The molecule has 8 aromatic rings. The van der Waals surface area contributed by atoms with Crippen molar-refractivity contribution in [3.8, 4) is 103 Å². The van der Waals surface area contributed by atoms with Crippen molar-refractivity contribution in [2.24, 2.45) is 5.73 Å². The summed E-state index contributed by atoms with van der Waals surface area (Å²) in [5.74, 6) is 2.17. The zero-order valence-electron chi connectivity index (χ0n) is 66.8. The van der Waals surface area contributed by atoms with E-state index < -0.39 is 56.7 Å². The number of hydrogen-bond donors (Lipinski definition) is 8. The van der Waals surface area contributed by atoms with Crippen LogP contribution in [0, 0.1) is 25.6 Å². The minimum absolute atomic E-state index is 0. The molecule has 0 amide bonds. The number of aromatic hydroxyl groups is 1. The number of nitrogens with zero attached hydrogens (tertiary/aromatic N) is 5. The second-order valence-electron chi connectivity index (χ2n) is 22.0. The number of benzene rings is 6. The number of halogens is 5. The van der Waals surface area contributed by atoms with Crippen LogP contribution in [0.5, 0.6) is 103 Å². The number of aromatic amines is 1. The third kappa shape index (κ3) is 38.3. The maximum Gasteiger partial charge on any atom is 0.348 e. The average Bonchev–Trinajstić information content (AvgIpc) is 0.747. The fourth-order valence-corrected chi connectivity index (χ4v) is 10.3. The standard InChI is InChI=1S/C11H9ClN2O3.C11H10N2O4.C11H11NO7.C11H13NO5.C11H12O5.C10H10O5.2C2H4O2.CH3I.CH4N2.8CH4.Cl3OP.HNO3/c1-15-7-4-6-8(11(12)14-5-13-6)10-9(7)16-2-3-17-10;1-15-7-4-6-8(11(14)13-5-12-6)10-9(7)16-2-3-17-10;1-16-7-5-6(12(14)15)8(11(13)17-2)10-9(7)18-3-4-19-10;1-14-7-5-6(12)8(11(13)15-2)10-9(7)16-3-4-17-10;1-13-8-4-3-7(11(12)14-2)9-10(8)16-6-5-15-9;1-13-10(12)6-2-3-7(11)9-8(6)14-4-5-15-9;2*1-2(3)4;1-2;2-1-3;;;;;;;;;1-5(2,3)4;2-1(3)4/h4-5H,2-3H2,1H3;4-5H,2-3H2,1H3,(H,12,13,14);5H,3-4H2,1-2H3;5H,3-4,12H2,1-2H3;3-4H,5-6H2,1-2H3;2-3,11H,4-5H2,1H3;2*1H3,(H,3,4);1H3;1H,(H3,2,3);8*1H4;;(H,2,3,4). The first-order valence-corrected chi connectivity index (χ1v) is 40.9. The van der Waals surface area contributed by atoms with Gasteiger partial charge in [-0.1, -0.05) is 93.6 Å². The monoisotopic (exact) mass is 2080 g/mol. The minimum atomic E-state index is -3.22. The van der Waals surface area contributed by atoms with Crippen LogP contribution in [-0.2, 0) is 33.1 Å². The molecule has 0 unspecified atom stereocenters. The van der Waals surface area contributed by atoms with Crippen LogP contribution in [0.2, 0.25) is 5.15 Å². The third-order valence-electron chi connectivity index (χ3n) is 14.5. The van der Waals surface area contributed by atoms with E-state index in [1.807, 2.05) is 4.93 Å². The summed E-state index contributed by atoms with van der Waals surface area (Å²) in [6, 6.07) is 12.1. The van der Waals surface area contributed by atoms with Crippen molar-refractivity contribution in [1.82, 2.24) is 19.9 Å². The molecule has 0 aliphatic carbocycles. The predicted molar refractivity (Wildman–Crippen MR) is 497 cm³/mol. The summed E-state index contributed by atoms with van der Waals surface area (Å²) >= 11 is 22.1. The highest BCUT2D eigenvalue weighted by Gasteiger charge is 2.36. The number of nitro groups is 1. The van der Waals surface area contributed by atoms with Gasteiger partial charge in [0.1, 0.15) is 113 Å². The molecule has 0 radical (unpaired) electrons. The summed E-state index contributed by atoms with van der Waals surface area (Å²) in [5.41, 5.74) is 11.4. The number of nitro benzene ring substituents is 1. The number of fused-ring (bicyclic) bond motifs is 10. The van der Waals surface area contributed by atoms with Crippen molar-refractivity contribution < 1.29 is 163 Å². The summed E-state index contributed by atoms with van der Waals surface area (Å²) in [6.45, 7) is 6.71. The largest absolute Gasteiger partial charge is 0.504 e. The Morgan fingerprint density at radius 3 is 1.13 bits per heavy atom. The second kappa shape index (κ2) is 65.5. The highest BCUT2D eigenvalue weighted by Crippen LogP contribution is 2.61. The van der Waals surface area contributed by atoms with Gasteiger partial charge in [-0.2, -0.15) is 0 Å². The highest BCUT2D eigenvalue weighted by atomic mass is 127. The molecule has 0 spiro atoms. The molecule has 0 saturated heterocycles. The number of carboxylic acids is 2. The Bertz CT molecular complexity index is 5070. The van der Waals surface area contributed by atoms with Gasteiger partial charge in [0.2, 0.25) is 34.5 Å². The average molecular weight is 2080 g/mol. The number of phenols is 1. The van der Waals surface area contributed by atoms with Gasteiger partial charge in [0.05, 0.1) is 110 Å². The quantitative estimate of drug-likeness (QED) is 0.00539. The molecule has 2 aromatic heterocycles. The molecule has 736 valence electrons. The number of carbonyl (C=O) groups is 6. The second-order valence-corrected chi connectivity index (χ2v) is 29.0. The van der Waals surface area contributed by atoms with E-state index in [-0.39, 0.29) is 141 Å². The first-order chi connectivity index (χ1) is 58.5. The van der Waals surface area contributed by atoms with Crippen LogP contribution in [0.3, 0.4) is 0 Å². The van der Waals surface area contributed by atoms with E-state index in [0.717, 1.165) is 33.4 Å². The lowest BCUT2D eigenvalue weighted by atomic mass is 10.1. The number of H-pyrrole nitrogens is 1. The van der Waals surface area contributed by atoms with E-state index in [4.69, 9.17) is 138 Å². The number of ether oxygens (including phenoxy) is 21. The number of rotatable bonds is 10. The fourth-order valence-electron chi connectivity index (χ4n) is 10.1. The molecule has 0 fully saturated rings. The Labute approximate surface area is 788 Å². The van der Waals surface area contributed by atoms with Crippen LogP contribution in [0.4, 0.5) is 11.4 Å². The number of methoxy groups -OCH3 is 9. The Kier molecular flexibility index (Phi) is 64.4. The Morgan fingerprint density at radius 1 is 0.481 bits per heavy atom. The first kappa shape index (κ1) is 129. The molecular weight excluding hydrogens is 1970 g/mol. The molecule has 0 bridgehead atoms. The number of nitrogens with two attached hydrogens (primary N) is 2. The Hall–Kier alpha value is -13.0. The maximum atomic E-state index is 11.8. The van der Waals surface area contributed by atoms with E-state index >= 15 is 0 Å². The lowest BCUT2D eigenvalue weighted by Gasteiger charge is -2.23. The topological polar surface area (TPSA) is 628 Å². The van der Waals surface area contributed by atoms with Gasteiger partial charge >= 0.3 is 29.1 Å². The number of phenolic OH excluding ortho intramolecular Hbond substituents is 1. The SMILES string of the molecule is C.C.C.C.C.C.C.C.CC(=O)O.CC(=O)O.CI.COC(=O)c1c(N)cc(OC)c2c1OCCO2.COC(=O)c1c([N+](=O)[O-])cc(OC)c2c1OCCO2.COC(=O)c1ccc(O)c2c1OCCO2.COC(=O)c1ccc(OC)c2c1OCCO2.COc1cc2nc[nH]c(=O)c2c2c1OCCO2.COc1cc2ncnc(Cl)c2c2c1OCCO2.N=CN.O=P(Cl)(Cl)Cl.O=[N+]([O-])O. The van der Waals surface area contributed by atoms with E-state index in [0.29, 0.717) is 162 Å². The molecule has 6 aromatic carbocycles. The van der Waals surface area contributed by atoms with Crippen LogP contribution >= 0.6 is 73.1 Å². The first-order valence-electron chi connectivity index (χ1n) is 34.0. The van der Waals surface area contributed by atoms with Crippen molar-refractivity contribution in [2.75, 3.05) is 154 Å². The van der Waals surface area contributed by atoms with Gasteiger partial charge in [0, 0.05) is 32.0 Å². The Morgan fingerprint density at radius 2 is 0.763 bits per heavy atom. The zero-order valence-corrected chi connectivity index (χ0v) is 72.9. The molecular formula is C79H113Cl4IN9O37P. The van der Waals surface area contributed by atoms with Crippen molar-refractivity contribution in [2.45, 2.75) is 73.3 Å². The van der Waals surface area contributed by atoms with E-state index in [9.17, 15) is 43.8 Å². The number of carboxylic acid groups (broad SMARTS) is 2. The number of esters is 4. The van der Waals surface area contributed by atoms with Gasteiger partial charge in [-0.15, -0.1) is 10.1 Å². The molecule has 131 heavy (non-hydrogen) atoms. The van der Waals surface area contributed by atoms with Crippen molar-refractivity contribution in [1.29, 1.82) is 5.41 Å². The van der Waals surface area contributed by atoms with Crippen LogP contribution in [0.25, 0.3) is 21.8 Å². The number of anilines is 1. The van der Waals surface area contributed by atoms with Gasteiger partial charge in [0.25, 0.3) is 28.3 Å². The number of aliphatic carboxylic acids is 2. The third-order valence-corrected chi connectivity index (χ3v) is 14.8. The summed E-state index contributed by atoms with van der Waals surface area (Å²) in [6.07, 6.45) is 3.50. The summed E-state index contributed by atoms with van der Waals surface area (Å²) in [7, 11) is 12.5. The molecule has 0 atom stereocenters. The molecule has 6 aliphatic heterocycles. The molecule has 10 N–H and O–H groups in total. The van der Waals surface area contributed by atoms with Crippen LogP contribution < -0.4 is 97.6 Å². The Balaban J connectivity index is -0.000000338. The number of aromatic nitrogens is 4. The summed E-state index contributed by atoms with van der Waals surface area (Å²) in [5, 5.41) is 53.0. The van der Waals surface area contributed by atoms with Crippen molar-refractivity contribution >= 4 is 148 Å². The molecule has 8 heterocycles. The zero-order chi connectivity index (χ0) is 92.4. The van der Waals surface area contributed by atoms with E-state index in [1.165, 1.54) is 80.6 Å². The molecule has 46 nitrogen and oxygen atoms in total. The normalized spacial score (nSPS) is 11.4. The van der Waals surface area contributed by atoms with Gasteiger partial charge in [-0.25, -0.2) is 34.1 Å².